The van der Waals surface area contributed by atoms with E-state index in [1.54, 1.807) is 18.3 Å². The van der Waals surface area contributed by atoms with Gasteiger partial charge in [0.15, 0.2) is 0 Å². The van der Waals surface area contributed by atoms with Gasteiger partial charge in [-0.25, -0.2) is 18.1 Å². The molecule has 0 bridgehead atoms. The number of fused-ring (bicyclic) bond motifs is 1. The Bertz CT molecular complexity index is 704. The summed E-state index contributed by atoms with van der Waals surface area (Å²) in [4.78, 5) is 7.05. The molecule has 2 aromatic heterocycles. The Morgan fingerprint density at radius 1 is 1.47 bits per heavy atom. The number of hydrogen-bond acceptors (Lipinski definition) is 4. The van der Waals surface area contributed by atoms with Crippen molar-refractivity contribution in [3.05, 3.63) is 24.5 Å². The SMILES string of the molecule is O=S(=O)(NCC1(O)CCC1)c1c[nH]c2ncccc12. The molecule has 3 rings (SSSR count). The highest BCUT2D eigenvalue weighted by atomic mass is 32.2. The zero-order chi connectivity index (χ0) is 13.5. The molecule has 6 nitrogen and oxygen atoms in total. The monoisotopic (exact) mass is 281 g/mol. The molecule has 1 aliphatic carbocycles. The van der Waals surface area contributed by atoms with Crippen LogP contribution in [0.4, 0.5) is 0 Å². The lowest BCUT2D eigenvalue weighted by Gasteiger charge is -2.36. The second kappa shape index (κ2) is 4.29. The Balaban J connectivity index is 1.87. The summed E-state index contributed by atoms with van der Waals surface area (Å²) in [5.74, 6) is 0. The first-order valence-electron chi connectivity index (χ1n) is 6.14. The number of rotatable bonds is 4. The second-order valence-electron chi connectivity index (χ2n) is 4.95. The van der Waals surface area contributed by atoms with E-state index in [0.717, 1.165) is 6.42 Å². The molecule has 0 aliphatic heterocycles. The van der Waals surface area contributed by atoms with Crippen LogP contribution in [0, 0.1) is 0 Å². The molecule has 0 unspecified atom stereocenters. The maximum absolute atomic E-state index is 12.2. The fraction of sp³-hybridized carbons (Fsp3) is 0.417. The molecule has 0 saturated heterocycles. The molecule has 3 N–H and O–H groups in total. The number of nitrogens with zero attached hydrogens (tertiary/aromatic N) is 1. The lowest BCUT2D eigenvalue weighted by atomic mass is 9.81. The van der Waals surface area contributed by atoms with Gasteiger partial charge in [0.2, 0.25) is 10.0 Å². The van der Waals surface area contributed by atoms with E-state index in [-0.39, 0.29) is 11.4 Å². The number of hydrogen-bond donors (Lipinski definition) is 3. The van der Waals surface area contributed by atoms with Gasteiger partial charge in [-0.15, -0.1) is 0 Å². The topological polar surface area (TPSA) is 95.1 Å². The molecule has 2 heterocycles. The van der Waals surface area contributed by atoms with Gasteiger partial charge in [-0.1, -0.05) is 0 Å². The van der Waals surface area contributed by atoms with Crippen LogP contribution in [0.25, 0.3) is 11.0 Å². The van der Waals surface area contributed by atoms with Crippen LogP contribution < -0.4 is 4.72 Å². The quantitative estimate of drug-likeness (QED) is 0.771. The number of aromatic amines is 1. The van der Waals surface area contributed by atoms with E-state index in [9.17, 15) is 13.5 Å². The number of pyridine rings is 1. The maximum atomic E-state index is 12.2. The summed E-state index contributed by atoms with van der Waals surface area (Å²) in [5, 5.41) is 10.5. The Hall–Kier alpha value is -1.44. The van der Waals surface area contributed by atoms with E-state index < -0.39 is 15.6 Å². The summed E-state index contributed by atoms with van der Waals surface area (Å²) in [7, 11) is -3.63. The molecule has 19 heavy (non-hydrogen) atoms. The van der Waals surface area contributed by atoms with Crippen LogP contribution in [-0.2, 0) is 10.0 Å². The van der Waals surface area contributed by atoms with Gasteiger partial charge in [-0.05, 0) is 31.4 Å². The third-order valence-corrected chi connectivity index (χ3v) is 5.02. The zero-order valence-electron chi connectivity index (χ0n) is 10.3. The van der Waals surface area contributed by atoms with Crippen LogP contribution in [0.1, 0.15) is 19.3 Å². The minimum absolute atomic E-state index is 0.0578. The van der Waals surface area contributed by atoms with Crippen LogP contribution in [0.2, 0.25) is 0 Å². The molecule has 102 valence electrons. The van der Waals surface area contributed by atoms with Crippen molar-refractivity contribution in [2.24, 2.45) is 0 Å². The Morgan fingerprint density at radius 2 is 2.26 bits per heavy atom. The lowest BCUT2D eigenvalue weighted by molar-refractivity contribution is -0.0270. The van der Waals surface area contributed by atoms with E-state index in [1.807, 2.05) is 0 Å². The second-order valence-corrected chi connectivity index (χ2v) is 6.69. The molecular formula is C12H15N3O3S. The first kappa shape index (κ1) is 12.6. The summed E-state index contributed by atoms with van der Waals surface area (Å²) in [6.45, 7) is 0.0578. The fourth-order valence-corrected chi connectivity index (χ4v) is 3.50. The van der Waals surface area contributed by atoms with Gasteiger partial charge in [-0.3, -0.25) is 0 Å². The highest BCUT2D eigenvalue weighted by molar-refractivity contribution is 7.89. The highest BCUT2D eigenvalue weighted by Gasteiger charge is 2.35. The van der Waals surface area contributed by atoms with Crippen molar-refractivity contribution >= 4 is 21.1 Å². The number of nitrogens with one attached hydrogen (secondary N) is 2. The van der Waals surface area contributed by atoms with Crippen molar-refractivity contribution in [1.82, 2.24) is 14.7 Å². The van der Waals surface area contributed by atoms with Gasteiger partial charge in [0.25, 0.3) is 0 Å². The Morgan fingerprint density at radius 3 is 2.95 bits per heavy atom. The standard InChI is InChI=1S/C12H15N3O3S/c16-12(4-2-5-12)8-15-19(17,18)10-7-14-11-9(10)3-1-6-13-11/h1,3,6-7,15-16H,2,4-5,8H2,(H,13,14). The van der Waals surface area contributed by atoms with Crippen molar-refractivity contribution in [3.8, 4) is 0 Å². The normalized spacial score (nSPS) is 18.4. The molecule has 1 saturated carbocycles. The molecule has 0 spiro atoms. The van der Waals surface area contributed by atoms with Crippen LogP contribution in [0.3, 0.4) is 0 Å². The van der Waals surface area contributed by atoms with Crippen LogP contribution in [-0.4, -0.2) is 35.6 Å². The summed E-state index contributed by atoms with van der Waals surface area (Å²) < 4.78 is 26.9. The Labute approximate surface area is 110 Å². The third kappa shape index (κ3) is 2.24. The minimum atomic E-state index is -3.63. The molecule has 1 fully saturated rings. The largest absolute Gasteiger partial charge is 0.389 e. The summed E-state index contributed by atoms with van der Waals surface area (Å²) in [6.07, 6.45) is 5.25. The average molecular weight is 281 g/mol. The van der Waals surface area contributed by atoms with Crippen molar-refractivity contribution < 1.29 is 13.5 Å². The minimum Gasteiger partial charge on any atom is -0.389 e. The zero-order valence-corrected chi connectivity index (χ0v) is 11.1. The predicted molar refractivity (Wildman–Crippen MR) is 70.1 cm³/mol. The number of aliphatic hydroxyl groups is 1. The smallest absolute Gasteiger partial charge is 0.242 e. The molecule has 0 aromatic carbocycles. The summed E-state index contributed by atoms with van der Waals surface area (Å²) in [6, 6.07) is 3.39. The lowest BCUT2D eigenvalue weighted by Crippen LogP contribution is -2.47. The molecule has 2 aromatic rings. The molecular weight excluding hydrogens is 266 g/mol. The maximum Gasteiger partial charge on any atom is 0.242 e. The van der Waals surface area contributed by atoms with Gasteiger partial charge in [-0.2, -0.15) is 0 Å². The molecule has 0 atom stereocenters. The molecule has 0 radical (unpaired) electrons. The summed E-state index contributed by atoms with van der Waals surface area (Å²) >= 11 is 0. The van der Waals surface area contributed by atoms with Crippen molar-refractivity contribution in [2.45, 2.75) is 29.8 Å². The van der Waals surface area contributed by atoms with Crippen molar-refractivity contribution in [2.75, 3.05) is 6.54 Å². The molecule has 7 heteroatoms. The van der Waals surface area contributed by atoms with Gasteiger partial charge >= 0.3 is 0 Å². The first-order valence-corrected chi connectivity index (χ1v) is 7.63. The van der Waals surface area contributed by atoms with E-state index in [1.165, 1.54) is 6.20 Å². The summed E-state index contributed by atoms with van der Waals surface area (Å²) in [5.41, 5.74) is -0.345. The van der Waals surface area contributed by atoms with E-state index >= 15 is 0 Å². The van der Waals surface area contributed by atoms with E-state index in [2.05, 4.69) is 14.7 Å². The Kier molecular flexibility index (Phi) is 2.84. The van der Waals surface area contributed by atoms with E-state index in [0.29, 0.717) is 23.9 Å². The van der Waals surface area contributed by atoms with Gasteiger partial charge in [0.05, 0.1) is 5.60 Å². The third-order valence-electron chi connectivity index (χ3n) is 3.58. The van der Waals surface area contributed by atoms with Crippen LogP contribution in [0.15, 0.2) is 29.4 Å². The molecule has 1 aliphatic rings. The van der Waals surface area contributed by atoms with Crippen molar-refractivity contribution in [1.29, 1.82) is 0 Å². The van der Waals surface area contributed by atoms with E-state index in [4.69, 9.17) is 0 Å². The fourth-order valence-electron chi connectivity index (χ4n) is 2.22. The number of H-pyrrole nitrogens is 1. The van der Waals surface area contributed by atoms with Gasteiger partial charge in [0, 0.05) is 24.3 Å². The van der Waals surface area contributed by atoms with Crippen LogP contribution >= 0.6 is 0 Å². The first-order chi connectivity index (χ1) is 9.00. The van der Waals surface area contributed by atoms with Crippen LogP contribution in [0.5, 0.6) is 0 Å². The van der Waals surface area contributed by atoms with Gasteiger partial charge < -0.3 is 10.1 Å². The van der Waals surface area contributed by atoms with Crippen molar-refractivity contribution in [3.63, 3.8) is 0 Å². The predicted octanol–water partition coefficient (Wildman–Crippen LogP) is 0.756. The number of aromatic nitrogens is 2. The van der Waals surface area contributed by atoms with Gasteiger partial charge in [0.1, 0.15) is 10.5 Å². The number of sulfonamides is 1. The molecule has 0 amide bonds. The highest BCUT2D eigenvalue weighted by Crippen LogP contribution is 2.31. The average Bonchev–Trinajstić information content (AvgIpc) is 2.79.